The summed E-state index contributed by atoms with van der Waals surface area (Å²) in [5.74, 6) is 0.185. The van der Waals surface area contributed by atoms with Gasteiger partial charge in [0, 0.05) is 24.8 Å². The highest BCUT2D eigenvalue weighted by Crippen LogP contribution is 2.22. The summed E-state index contributed by atoms with van der Waals surface area (Å²) in [7, 11) is 1.60. The van der Waals surface area contributed by atoms with Crippen LogP contribution in [0.1, 0.15) is 22.8 Å². The summed E-state index contributed by atoms with van der Waals surface area (Å²) in [4.78, 5) is 24.0. The molecule has 5 heteroatoms. The smallest absolute Gasteiger partial charge is 0.251 e. The third-order valence-electron chi connectivity index (χ3n) is 3.92. The molecule has 0 spiro atoms. The number of amides is 2. The third-order valence-corrected chi connectivity index (χ3v) is 3.92. The molecule has 1 fully saturated rings. The Morgan fingerprint density at radius 2 is 2.05 bits per heavy atom. The number of anilines is 1. The molecule has 1 saturated heterocycles. The molecule has 108 valence electrons. The van der Waals surface area contributed by atoms with Crippen LogP contribution in [-0.4, -0.2) is 32.0 Å². The Balaban J connectivity index is 2.17. The molecule has 20 heavy (non-hydrogen) atoms. The lowest BCUT2D eigenvalue weighted by Crippen LogP contribution is -2.28. The second kappa shape index (κ2) is 6.05. The number of rotatable bonds is 3. The Bertz CT molecular complexity index is 528. The van der Waals surface area contributed by atoms with Crippen molar-refractivity contribution in [2.45, 2.75) is 13.8 Å². The van der Waals surface area contributed by atoms with Crippen LogP contribution < -0.4 is 16.0 Å². The third kappa shape index (κ3) is 2.82. The van der Waals surface area contributed by atoms with Gasteiger partial charge in [0.2, 0.25) is 5.91 Å². The lowest BCUT2D eigenvalue weighted by molar-refractivity contribution is -0.120. The molecule has 1 aromatic carbocycles. The zero-order valence-corrected chi connectivity index (χ0v) is 12.1. The SMILES string of the molecule is CNC(=O)c1cccc(NC(=O)C2CNCC2C)c1C. The first kappa shape index (κ1) is 14.5. The first-order chi connectivity index (χ1) is 9.54. The van der Waals surface area contributed by atoms with E-state index in [1.54, 1.807) is 19.2 Å². The molecule has 0 aliphatic carbocycles. The van der Waals surface area contributed by atoms with E-state index in [1.165, 1.54) is 0 Å². The van der Waals surface area contributed by atoms with Gasteiger partial charge in [-0.15, -0.1) is 0 Å². The first-order valence-corrected chi connectivity index (χ1v) is 6.88. The average molecular weight is 275 g/mol. The molecule has 2 rings (SSSR count). The Hall–Kier alpha value is -1.88. The highest BCUT2D eigenvalue weighted by atomic mass is 16.2. The molecular weight excluding hydrogens is 254 g/mol. The van der Waals surface area contributed by atoms with Gasteiger partial charge in [0.25, 0.3) is 5.91 Å². The zero-order valence-electron chi connectivity index (χ0n) is 12.1. The van der Waals surface area contributed by atoms with Crippen LogP contribution >= 0.6 is 0 Å². The Kier molecular flexibility index (Phi) is 4.39. The standard InChI is InChI=1S/C15H21N3O2/c1-9-7-17-8-12(9)15(20)18-13-6-4-5-11(10(13)2)14(19)16-3/h4-6,9,12,17H,7-8H2,1-3H3,(H,16,19)(H,18,20). The van der Waals surface area contributed by atoms with Crippen LogP contribution in [0.25, 0.3) is 0 Å². The number of hydrogen-bond acceptors (Lipinski definition) is 3. The summed E-state index contributed by atoms with van der Waals surface area (Å²) in [5.41, 5.74) is 2.08. The van der Waals surface area contributed by atoms with E-state index in [0.717, 1.165) is 12.1 Å². The maximum absolute atomic E-state index is 12.3. The molecule has 1 aromatic rings. The largest absolute Gasteiger partial charge is 0.355 e. The van der Waals surface area contributed by atoms with Gasteiger partial charge >= 0.3 is 0 Å². The van der Waals surface area contributed by atoms with Crippen molar-refractivity contribution >= 4 is 17.5 Å². The van der Waals surface area contributed by atoms with Crippen LogP contribution in [0.5, 0.6) is 0 Å². The second-order valence-corrected chi connectivity index (χ2v) is 5.29. The molecule has 2 atom stereocenters. The van der Waals surface area contributed by atoms with E-state index in [0.29, 0.717) is 23.7 Å². The minimum atomic E-state index is -0.144. The summed E-state index contributed by atoms with van der Waals surface area (Å²) in [6, 6.07) is 5.36. The number of nitrogens with one attached hydrogen (secondary N) is 3. The summed E-state index contributed by atoms with van der Waals surface area (Å²) >= 11 is 0. The fraction of sp³-hybridized carbons (Fsp3) is 0.467. The highest BCUT2D eigenvalue weighted by molar-refractivity contribution is 5.99. The van der Waals surface area contributed by atoms with Crippen molar-refractivity contribution in [2.24, 2.45) is 11.8 Å². The van der Waals surface area contributed by atoms with E-state index < -0.39 is 0 Å². The van der Waals surface area contributed by atoms with Crippen LogP contribution in [0.4, 0.5) is 5.69 Å². The predicted molar refractivity (Wildman–Crippen MR) is 78.7 cm³/mol. The van der Waals surface area contributed by atoms with Crippen LogP contribution in [-0.2, 0) is 4.79 Å². The minimum Gasteiger partial charge on any atom is -0.355 e. The van der Waals surface area contributed by atoms with Crippen molar-refractivity contribution in [3.63, 3.8) is 0 Å². The maximum atomic E-state index is 12.3. The Morgan fingerprint density at radius 3 is 2.65 bits per heavy atom. The normalized spacial score (nSPS) is 21.6. The van der Waals surface area contributed by atoms with E-state index in [2.05, 4.69) is 22.9 Å². The van der Waals surface area contributed by atoms with Gasteiger partial charge in [-0.05, 0) is 37.1 Å². The lowest BCUT2D eigenvalue weighted by Gasteiger charge is -2.16. The molecule has 1 aliphatic rings. The first-order valence-electron chi connectivity index (χ1n) is 6.88. The van der Waals surface area contributed by atoms with Crippen molar-refractivity contribution in [2.75, 3.05) is 25.5 Å². The number of carbonyl (C=O) groups excluding carboxylic acids is 2. The summed E-state index contributed by atoms with van der Waals surface area (Å²) in [6.45, 7) is 5.49. The van der Waals surface area contributed by atoms with Gasteiger partial charge < -0.3 is 16.0 Å². The molecule has 2 unspecified atom stereocenters. The Morgan fingerprint density at radius 1 is 1.30 bits per heavy atom. The van der Waals surface area contributed by atoms with E-state index >= 15 is 0 Å². The molecule has 0 bridgehead atoms. The van der Waals surface area contributed by atoms with Crippen LogP contribution in [0.2, 0.25) is 0 Å². The fourth-order valence-corrected chi connectivity index (χ4v) is 2.54. The van der Waals surface area contributed by atoms with E-state index in [9.17, 15) is 9.59 Å². The quantitative estimate of drug-likeness (QED) is 0.775. The van der Waals surface area contributed by atoms with E-state index in [-0.39, 0.29) is 17.7 Å². The molecule has 1 aliphatic heterocycles. The molecule has 5 nitrogen and oxygen atoms in total. The van der Waals surface area contributed by atoms with Crippen molar-refractivity contribution in [3.05, 3.63) is 29.3 Å². The maximum Gasteiger partial charge on any atom is 0.251 e. The lowest BCUT2D eigenvalue weighted by atomic mass is 9.97. The van der Waals surface area contributed by atoms with Crippen molar-refractivity contribution < 1.29 is 9.59 Å². The molecule has 0 aromatic heterocycles. The van der Waals surface area contributed by atoms with E-state index in [4.69, 9.17) is 0 Å². The topological polar surface area (TPSA) is 70.2 Å². The number of carbonyl (C=O) groups is 2. The van der Waals surface area contributed by atoms with Gasteiger partial charge in [-0.2, -0.15) is 0 Å². The van der Waals surface area contributed by atoms with Gasteiger partial charge in [-0.3, -0.25) is 9.59 Å². The zero-order chi connectivity index (χ0) is 14.7. The van der Waals surface area contributed by atoms with Crippen molar-refractivity contribution in [3.8, 4) is 0 Å². The van der Waals surface area contributed by atoms with Crippen LogP contribution in [0.3, 0.4) is 0 Å². The highest BCUT2D eigenvalue weighted by Gasteiger charge is 2.29. The molecule has 2 amide bonds. The monoisotopic (exact) mass is 275 g/mol. The second-order valence-electron chi connectivity index (χ2n) is 5.29. The van der Waals surface area contributed by atoms with Crippen molar-refractivity contribution in [1.29, 1.82) is 0 Å². The molecule has 1 heterocycles. The summed E-state index contributed by atoms with van der Waals surface area (Å²) in [6.07, 6.45) is 0. The van der Waals surface area contributed by atoms with Gasteiger partial charge in [-0.25, -0.2) is 0 Å². The fourth-order valence-electron chi connectivity index (χ4n) is 2.54. The van der Waals surface area contributed by atoms with Gasteiger partial charge in [0.1, 0.15) is 0 Å². The van der Waals surface area contributed by atoms with Gasteiger partial charge in [0.05, 0.1) is 5.92 Å². The van der Waals surface area contributed by atoms with E-state index in [1.807, 2.05) is 13.0 Å². The van der Waals surface area contributed by atoms with Crippen LogP contribution in [0, 0.1) is 18.8 Å². The van der Waals surface area contributed by atoms with Crippen molar-refractivity contribution in [1.82, 2.24) is 10.6 Å². The van der Waals surface area contributed by atoms with Gasteiger partial charge in [0.15, 0.2) is 0 Å². The van der Waals surface area contributed by atoms with Gasteiger partial charge in [-0.1, -0.05) is 13.0 Å². The summed E-state index contributed by atoms with van der Waals surface area (Å²) < 4.78 is 0. The minimum absolute atomic E-state index is 0.0136. The molecule has 3 N–H and O–H groups in total. The Labute approximate surface area is 119 Å². The summed E-state index contributed by atoms with van der Waals surface area (Å²) in [5, 5.41) is 8.76. The molecule has 0 saturated carbocycles. The van der Waals surface area contributed by atoms with Crippen LogP contribution in [0.15, 0.2) is 18.2 Å². The number of benzene rings is 1. The molecular formula is C15H21N3O2. The average Bonchev–Trinajstić information content (AvgIpc) is 2.86. The number of hydrogen-bond donors (Lipinski definition) is 3. The predicted octanol–water partition coefficient (Wildman–Crippen LogP) is 1.15. The molecule has 0 radical (unpaired) electrons.